The first kappa shape index (κ1) is 20.6. The maximum Gasteiger partial charge on any atom is 0.490 e. The van der Waals surface area contributed by atoms with Crippen LogP contribution in [0.5, 0.6) is 0 Å². The van der Waals surface area contributed by atoms with Crippen LogP contribution in [-0.2, 0) is 18.4 Å². The molecule has 4 rings (SSSR count). The summed E-state index contributed by atoms with van der Waals surface area (Å²) in [6, 6.07) is 0. The fourth-order valence-corrected chi connectivity index (χ4v) is 2.99. The van der Waals surface area contributed by atoms with Gasteiger partial charge in [-0.15, -0.1) is 0 Å². The number of anilines is 1. The van der Waals surface area contributed by atoms with Crippen molar-refractivity contribution in [3.05, 3.63) is 42.7 Å². The number of rotatable bonds is 3. The molecule has 1 aliphatic heterocycles. The Bertz CT molecular complexity index is 961. The lowest BCUT2D eigenvalue weighted by Crippen LogP contribution is -2.46. The minimum atomic E-state index is -5.08. The van der Waals surface area contributed by atoms with Gasteiger partial charge >= 0.3 is 12.1 Å². The predicted octanol–water partition coefficient (Wildman–Crippen LogP) is 1.42. The molecule has 1 aliphatic rings. The van der Waals surface area contributed by atoms with Crippen LogP contribution in [0.1, 0.15) is 5.56 Å². The van der Waals surface area contributed by atoms with Crippen LogP contribution in [-0.4, -0.2) is 72.5 Å². The molecule has 12 heteroatoms. The number of carbonyl (C=O) groups is 1. The van der Waals surface area contributed by atoms with E-state index in [1.165, 1.54) is 5.56 Å². The van der Waals surface area contributed by atoms with Gasteiger partial charge in [0.05, 0.1) is 6.20 Å². The van der Waals surface area contributed by atoms with Gasteiger partial charge in [0, 0.05) is 76.3 Å². The van der Waals surface area contributed by atoms with Gasteiger partial charge in [-0.05, 0) is 0 Å². The number of halogens is 3. The van der Waals surface area contributed by atoms with Crippen molar-refractivity contribution in [3.63, 3.8) is 0 Å². The summed E-state index contributed by atoms with van der Waals surface area (Å²) >= 11 is 0. The van der Waals surface area contributed by atoms with E-state index in [0.29, 0.717) is 0 Å². The Balaban J connectivity index is 0.000000298. The number of carboxylic acids is 1. The topological polar surface area (TPSA) is 91.8 Å². The molecule has 0 unspecified atom stereocenters. The minimum Gasteiger partial charge on any atom is -0.475 e. The number of aromatic nitrogens is 5. The van der Waals surface area contributed by atoms with Crippen LogP contribution in [0.2, 0.25) is 0 Å². The molecule has 0 spiro atoms. The smallest absolute Gasteiger partial charge is 0.475 e. The van der Waals surface area contributed by atoms with E-state index >= 15 is 0 Å². The molecule has 1 fully saturated rings. The average Bonchev–Trinajstić information content (AvgIpc) is 3.30. The van der Waals surface area contributed by atoms with Gasteiger partial charge in [0.1, 0.15) is 0 Å². The van der Waals surface area contributed by atoms with E-state index in [9.17, 15) is 13.2 Å². The predicted molar refractivity (Wildman–Crippen MR) is 97.4 cm³/mol. The van der Waals surface area contributed by atoms with Crippen molar-refractivity contribution in [1.29, 1.82) is 0 Å². The van der Waals surface area contributed by atoms with Crippen LogP contribution in [0, 0.1) is 0 Å². The van der Waals surface area contributed by atoms with E-state index in [1.807, 2.05) is 47.1 Å². The molecule has 1 saturated heterocycles. The second-order valence-corrected chi connectivity index (χ2v) is 6.50. The van der Waals surface area contributed by atoms with Crippen LogP contribution in [0.25, 0.3) is 5.65 Å². The third-order valence-corrected chi connectivity index (χ3v) is 4.37. The zero-order valence-corrected chi connectivity index (χ0v) is 15.6. The van der Waals surface area contributed by atoms with E-state index in [4.69, 9.17) is 9.90 Å². The molecular weight excluding hydrogens is 391 g/mol. The number of carboxylic acid groups (broad SMARTS) is 1. The Labute approximate surface area is 164 Å². The molecule has 0 amide bonds. The maximum atomic E-state index is 10.6. The van der Waals surface area contributed by atoms with Crippen LogP contribution in [0.3, 0.4) is 0 Å². The molecule has 0 atom stereocenters. The molecule has 1 N–H and O–H groups in total. The molecule has 4 heterocycles. The number of imidazole rings is 1. The number of aryl methyl sites for hydroxylation is 1. The molecule has 0 aliphatic carbocycles. The van der Waals surface area contributed by atoms with Crippen LogP contribution < -0.4 is 4.90 Å². The lowest BCUT2D eigenvalue weighted by molar-refractivity contribution is -0.192. The van der Waals surface area contributed by atoms with Gasteiger partial charge in [-0.2, -0.15) is 18.3 Å². The summed E-state index contributed by atoms with van der Waals surface area (Å²) in [5.74, 6) is -1.78. The van der Waals surface area contributed by atoms with E-state index in [-0.39, 0.29) is 0 Å². The SMILES string of the molecule is Cn1cc(CN2CCN(c3nccn4ccnc34)CC2)cn1.O=C(O)C(F)(F)F. The van der Waals surface area contributed by atoms with Gasteiger partial charge in [-0.25, -0.2) is 14.8 Å². The lowest BCUT2D eigenvalue weighted by atomic mass is 10.2. The molecule has 0 radical (unpaired) electrons. The summed E-state index contributed by atoms with van der Waals surface area (Å²) in [7, 11) is 1.96. The van der Waals surface area contributed by atoms with Crippen molar-refractivity contribution in [2.24, 2.45) is 7.05 Å². The summed E-state index contributed by atoms with van der Waals surface area (Å²) in [5.41, 5.74) is 2.20. The third-order valence-electron chi connectivity index (χ3n) is 4.37. The summed E-state index contributed by atoms with van der Waals surface area (Å²) < 4.78 is 35.6. The van der Waals surface area contributed by atoms with E-state index in [0.717, 1.165) is 44.2 Å². The van der Waals surface area contributed by atoms with Crippen molar-refractivity contribution >= 4 is 17.4 Å². The van der Waals surface area contributed by atoms with E-state index in [2.05, 4.69) is 31.1 Å². The zero-order valence-electron chi connectivity index (χ0n) is 15.6. The number of fused-ring (bicyclic) bond motifs is 1. The van der Waals surface area contributed by atoms with Crippen molar-refractivity contribution in [2.75, 3.05) is 31.1 Å². The molecule has 29 heavy (non-hydrogen) atoms. The van der Waals surface area contributed by atoms with E-state index < -0.39 is 12.1 Å². The quantitative estimate of drug-likeness (QED) is 0.697. The van der Waals surface area contributed by atoms with Crippen LogP contribution in [0.4, 0.5) is 19.0 Å². The highest BCUT2D eigenvalue weighted by atomic mass is 19.4. The first-order valence-corrected chi connectivity index (χ1v) is 8.76. The lowest BCUT2D eigenvalue weighted by Gasteiger charge is -2.35. The molecule has 3 aromatic rings. The third kappa shape index (κ3) is 5.22. The Morgan fingerprint density at radius 2 is 1.76 bits per heavy atom. The van der Waals surface area contributed by atoms with Gasteiger partial charge in [-0.1, -0.05) is 0 Å². The molecule has 156 valence electrons. The fourth-order valence-electron chi connectivity index (χ4n) is 2.99. The van der Waals surface area contributed by atoms with Gasteiger partial charge in [0.2, 0.25) is 0 Å². The molecule has 9 nitrogen and oxygen atoms in total. The summed E-state index contributed by atoms with van der Waals surface area (Å²) in [5, 5.41) is 11.4. The van der Waals surface area contributed by atoms with Gasteiger partial charge in [0.25, 0.3) is 0 Å². The molecule has 0 aromatic carbocycles. The van der Waals surface area contributed by atoms with E-state index in [1.54, 1.807) is 0 Å². The number of nitrogens with zero attached hydrogens (tertiary/aromatic N) is 7. The fraction of sp³-hybridized carbons (Fsp3) is 0.412. The van der Waals surface area contributed by atoms with Crippen molar-refractivity contribution in [3.8, 4) is 0 Å². The number of aliphatic carboxylic acids is 1. The van der Waals surface area contributed by atoms with Crippen molar-refractivity contribution < 1.29 is 23.1 Å². The highest BCUT2D eigenvalue weighted by molar-refractivity contribution is 5.73. The number of piperazine rings is 1. The highest BCUT2D eigenvalue weighted by Gasteiger charge is 2.38. The molecular formula is C17H20F3N7O2. The zero-order chi connectivity index (χ0) is 21.0. The normalized spacial score (nSPS) is 15.2. The maximum absolute atomic E-state index is 10.6. The Hall–Kier alpha value is -3.15. The first-order chi connectivity index (χ1) is 13.7. The minimum absolute atomic E-state index is 0.934. The van der Waals surface area contributed by atoms with Crippen molar-refractivity contribution in [2.45, 2.75) is 12.7 Å². The summed E-state index contributed by atoms with van der Waals surface area (Å²) in [6.45, 7) is 4.96. The summed E-state index contributed by atoms with van der Waals surface area (Å²) in [4.78, 5) is 22.6. The van der Waals surface area contributed by atoms with Gasteiger partial charge in [-0.3, -0.25) is 9.58 Å². The van der Waals surface area contributed by atoms with Gasteiger partial charge < -0.3 is 14.4 Å². The second kappa shape index (κ2) is 8.47. The van der Waals surface area contributed by atoms with Crippen LogP contribution in [0.15, 0.2) is 37.2 Å². The number of hydrogen-bond donors (Lipinski definition) is 1. The number of hydrogen-bond acceptors (Lipinski definition) is 6. The summed E-state index contributed by atoms with van der Waals surface area (Å²) in [6.07, 6.45) is 6.49. The largest absolute Gasteiger partial charge is 0.490 e. The second-order valence-electron chi connectivity index (χ2n) is 6.50. The molecule has 0 bridgehead atoms. The Morgan fingerprint density at radius 3 is 2.31 bits per heavy atom. The standard InChI is InChI=1S/C15H19N7.C2HF3O2/c1-19-11-13(10-18-19)12-20-6-8-22(9-7-20)15-14-16-2-4-21(14)5-3-17-15;3-2(4,5)1(6)7/h2-5,10-11H,6-9,12H2,1H3;(H,6,7). The monoisotopic (exact) mass is 411 g/mol. The average molecular weight is 411 g/mol. The van der Waals surface area contributed by atoms with Crippen molar-refractivity contribution in [1.82, 2.24) is 29.0 Å². The van der Waals surface area contributed by atoms with Crippen LogP contribution >= 0.6 is 0 Å². The highest BCUT2D eigenvalue weighted by Crippen LogP contribution is 2.19. The first-order valence-electron chi connectivity index (χ1n) is 8.76. The van der Waals surface area contributed by atoms with Gasteiger partial charge in [0.15, 0.2) is 11.5 Å². The molecule has 0 saturated carbocycles. The molecule has 3 aromatic heterocycles. The Kier molecular flexibility index (Phi) is 6.01. The number of alkyl halides is 3. The Morgan fingerprint density at radius 1 is 1.14 bits per heavy atom.